The maximum Gasteiger partial charge on any atom is 0.0730 e. The molecule has 0 unspecified atom stereocenters. The van der Waals surface area contributed by atoms with Gasteiger partial charge in [-0.2, -0.15) is 0 Å². The van der Waals surface area contributed by atoms with E-state index in [1.165, 1.54) is 26.1 Å². The predicted molar refractivity (Wildman–Crippen MR) is 74.5 cm³/mol. The summed E-state index contributed by atoms with van der Waals surface area (Å²) in [5.74, 6) is 0.552. The Morgan fingerprint density at radius 2 is 2.12 bits per heavy atom. The first-order chi connectivity index (χ1) is 8.17. The van der Waals surface area contributed by atoms with Gasteiger partial charge in [-0.05, 0) is 29.0 Å². The predicted octanol–water partition coefficient (Wildman–Crippen LogP) is 3.63. The summed E-state index contributed by atoms with van der Waals surface area (Å²) in [6.45, 7) is 5.67. The van der Waals surface area contributed by atoms with Crippen molar-refractivity contribution < 1.29 is 4.74 Å². The molecule has 0 atom stereocenters. The molecule has 1 aromatic carbocycles. The fraction of sp³-hybridized carbons (Fsp3) is 0.429. The normalized spacial score (nSPS) is 11.6. The minimum atomic E-state index is 0.552. The molecule has 0 saturated heterocycles. The van der Waals surface area contributed by atoms with Crippen LogP contribution in [-0.2, 0) is 17.9 Å². The summed E-state index contributed by atoms with van der Waals surface area (Å²) >= 11 is 1.78. The highest BCUT2D eigenvalue weighted by atomic mass is 32.1. The van der Waals surface area contributed by atoms with E-state index < -0.39 is 0 Å². The summed E-state index contributed by atoms with van der Waals surface area (Å²) in [7, 11) is 1.73. The van der Waals surface area contributed by atoms with E-state index in [9.17, 15) is 0 Å². The van der Waals surface area contributed by atoms with Gasteiger partial charge < -0.3 is 10.5 Å². The summed E-state index contributed by atoms with van der Waals surface area (Å²) < 4.78 is 6.60. The lowest BCUT2D eigenvalue weighted by atomic mass is 10.0. The average Bonchev–Trinajstić information content (AvgIpc) is 2.67. The molecule has 17 heavy (non-hydrogen) atoms. The van der Waals surface area contributed by atoms with Crippen molar-refractivity contribution in [3.05, 3.63) is 34.2 Å². The van der Waals surface area contributed by atoms with Crippen LogP contribution in [0, 0.1) is 0 Å². The topological polar surface area (TPSA) is 35.2 Å². The third kappa shape index (κ3) is 2.37. The Labute approximate surface area is 106 Å². The van der Waals surface area contributed by atoms with E-state index in [1.54, 1.807) is 18.4 Å². The molecule has 0 amide bonds. The monoisotopic (exact) mass is 249 g/mol. The maximum atomic E-state index is 5.80. The van der Waals surface area contributed by atoms with Crippen LogP contribution in [0.3, 0.4) is 0 Å². The fourth-order valence-corrected chi connectivity index (χ4v) is 3.11. The molecule has 0 aliphatic carbocycles. The van der Waals surface area contributed by atoms with E-state index in [0.717, 1.165) is 0 Å². The molecule has 0 radical (unpaired) electrons. The van der Waals surface area contributed by atoms with E-state index in [0.29, 0.717) is 19.1 Å². The van der Waals surface area contributed by atoms with Gasteiger partial charge >= 0.3 is 0 Å². The van der Waals surface area contributed by atoms with Crippen molar-refractivity contribution >= 4 is 21.4 Å². The van der Waals surface area contributed by atoms with E-state index in [4.69, 9.17) is 10.5 Å². The van der Waals surface area contributed by atoms with Gasteiger partial charge in [0, 0.05) is 28.8 Å². The van der Waals surface area contributed by atoms with Crippen LogP contribution < -0.4 is 5.73 Å². The SMILES string of the molecule is COCc1c(CN)sc2ccc(C(C)C)cc12. The molecule has 1 aromatic heterocycles. The van der Waals surface area contributed by atoms with Crippen LogP contribution in [0.2, 0.25) is 0 Å². The van der Waals surface area contributed by atoms with E-state index in [2.05, 4.69) is 32.0 Å². The molecule has 92 valence electrons. The molecule has 0 fully saturated rings. The first kappa shape index (κ1) is 12.6. The molecule has 0 aliphatic rings. The molecular formula is C14H19NOS. The summed E-state index contributed by atoms with van der Waals surface area (Å²) in [6, 6.07) is 6.69. The molecular weight excluding hydrogens is 230 g/mol. The quantitative estimate of drug-likeness (QED) is 0.898. The summed E-state index contributed by atoms with van der Waals surface area (Å²) in [5, 5.41) is 1.31. The number of benzene rings is 1. The zero-order valence-corrected chi connectivity index (χ0v) is 11.4. The lowest BCUT2D eigenvalue weighted by Gasteiger charge is -2.06. The Balaban J connectivity index is 2.60. The van der Waals surface area contributed by atoms with Gasteiger partial charge in [0.15, 0.2) is 0 Å². The Hall–Kier alpha value is -0.900. The summed E-state index contributed by atoms with van der Waals surface area (Å²) in [5.41, 5.74) is 8.43. The van der Waals surface area contributed by atoms with Gasteiger partial charge in [0.05, 0.1) is 6.61 Å². The van der Waals surface area contributed by atoms with Crippen LogP contribution >= 0.6 is 11.3 Å². The van der Waals surface area contributed by atoms with Gasteiger partial charge in [-0.3, -0.25) is 0 Å². The fourth-order valence-electron chi connectivity index (χ4n) is 2.04. The van der Waals surface area contributed by atoms with Crippen molar-refractivity contribution in [1.82, 2.24) is 0 Å². The average molecular weight is 249 g/mol. The molecule has 0 spiro atoms. The second kappa shape index (κ2) is 5.17. The number of rotatable bonds is 4. The van der Waals surface area contributed by atoms with Gasteiger partial charge in [-0.25, -0.2) is 0 Å². The van der Waals surface area contributed by atoms with Crippen molar-refractivity contribution in [3.63, 3.8) is 0 Å². The molecule has 0 aliphatic heterocycles. The highest BCUT2D eigenvalue weighted by molar-refractivity contribution is 7.19. The van der Waals surface area contributed by atoms with Crippen LogP contribution in [0.5, 0.6) is 0 Å². The van der Waals surface area contributed by atoms with Crippen LogP contribution in [0.1, 0.15) is 35.8 Å². The van der Waals surface area contributed by atoms with Crippen molar-refractivity contribution in [1.29, 1.82) is 0 Å². The lowest BCUT2D eigenvalue weighted by Crippen LogP contribution is -1.98. The van der Waals surface area contributed by atoms with Crippen molar-refractivity contribution in [2.75, 3.05) is 7.11 Å². The first-order valence-corrected chi connectivity index (χ1v) is 6.72. The standard InChI is InChI=1S/C14H19NOS/c1-9(2)10-4-5-13-11(6-10)12(8-16-3)14(7-15)17-13/h4-6,9H,7-8,15H2,1-3H3. The third-order valence-corrected chi connectivity index (χ3v) is 4.27. The Morgan fingerprint density at radius 3 is 2.71 bits per heavy atom. The highest BCUT2D eigenvalue weighted by Crippen LogP contribution is 2.33. The molecule has 0 bridgehead atoms. The zero-order chi connectivity index (χ0) is 12.4. The second-order valence-electron chi connectivity index (χ2n) is 4.55. The van der Waals surface area contributed by atoms with Crippen LogP contribution in [0.25, 0.3) is 10.1 Å². The van der Waals surface area contributed by atoms with Crippen molar-refractivity contribution in [2.24, 2.45) is 5.73 Å². The lowest BCUT2D eigenvalue weighted by molar-refractivity contribution is 0.185. The zero-order valence-electron chi connectivity index (χ0n) is 10.6. The molecule has 3 heteroatoms. The Morgan fingerprint density at radius 1 is 1.35 bits per heavy atom. The minimum Gasteiger partial charge on any atom is -0.380 e. The number of hydrogen-bond acceptors (Lipinski definition) is 3. The van der Waals surface area contributed by atoms with Gasteiger partial charge in [0.1, 0.15) is 0 Å². The van der Waals surface area contributed by atoms with Gasteiger partial charge in [-0.1, -0.05) is 19.9 Å². The van der Waals surface area contributed by atoms with Gasteiger partial charge in [0.25, 0.3) is 0 Å². The number of thiophene rings is 1. The Kier molecular flexibility index (Phi) is 3.82. The van der Waals surface area contributed by atoms with E-state index in [-0.39, 0.29) is 0 Å². The summed E-state index contributed by atoms with van der Waals surface area (Å²) in [6.07, 6.45) is 0. The number of fused-ring (bicyclic) bond motifs is 1. The summed E-state index contributed by atoms with van der Waals surface area (Å²) in [4.78, 5) is 1.24. The number of methoxy groups -OCH3 is 1. The molecule has 2 nitrogen and oxygen atoms in total. The first-order valence-electron chi connectivity index (χ1n) is 5.90. The van der Waals surface area contributed by atoms with Gasteiger partial charge in [-0.15, -0.1) is 11.3 Å². The number of ether oxygens (including phenoxy) is 1. The molecule has 2 aromatic rings. The molecule has 0 saturated carbocycles. The van der Waals surface area contributed by atoms with Gasteiger partial charge in [0.2, 0.25) is 0 Å². The second-order valence-corrected chi connectivity index (χ2v) is 5.69. The minimum absolute atomic E-state index is 0.552. The van der Waals surface area contributed by atoms with Crippen molar-refractivity contribution in [2.45, 2.75) is 32.9 Å². The molecule has 2 rings (SSSR count). The number of nitrogens with two attached hydrogens (primary N) is 1. The Bertz CT molecular complexity index is 516. The van der Waals surface area contributed by atoms with Crippen LogP contribution in [0.4, 0.5) is 0 Å². The van der Waals surface area contributed by atoms with Crippen molar-refractivity contribution in [3.8, 4) is 0 Å². The number of hydrogen-bond donors (Lipinski definition) is 1. The molecule has 2 N–H and O–H groups in total. The third-order valence-electron chi connectivity index (χ3n) is 3.04. The van der Waals surface area contributed by atoms with Crippen LogP contribution in [0.15, 0.2) is 18.2 Å². The maximum absolute atomic E-state index is 5.80. The van der Waals surface area contributed by atoms with E-state index in [1.807, 2.05) is 0 Å². The largest absolute Gasteiger partial charge is 0.380 e. The highest BCUT2D eigenvalue weighted by Gasteiger charge is 2.12. The van der Waals surface area contributed by atoms with E-state index >= 15 is 0 Å². The molecule has 1 heterocycles. The van der Waals surface area contributed by atoms with Crippen LogP contribution in [-0.4, -0.2) is 7.11 Å². The smallest absolute Gasteiger partial charge is 0.0730 e.